The molecule has 0 spiro atoms. The fourth-order valence-corrected chi connectivity index (χ4v) is 4.45. The van der Waals surface area contributed by atoms with Crippen molar-refractivity contribution < 1.29 is 27.5 Å². The van der Waals surface area contributed by atoms with Gasteiger partial charge in [0, 0.05) is 12.1 Å². The highest BCUT2D eigenvalue weighted by Gasteiger charge is 2.46. The minimum atomic E-state index is -4.61. The molecule has 0 aromatic heterocycles. The van der Waals surface area contributed by atoms with Crippen molar-refractivity contribution in [1.29, 1.82) is 0 Å². The molecule has 0 radical (unpaired) electrons. The summed E-state index contributed by atoms with van der Waals surface area (Å²) in [6.45, 7) is 14.2. The highest BCUT2D eigenvalue weighted by molar-refractivity contribution is 6.31. The van der Waals surface area contributed by atoms with Crippen LogP contribution in [0.25, 0.3) is 0 Å². The molecule has 1 aliphatic rings. The second-order valence-corrected chi connectivity index (χ2v) is 9.21. The van der Waals surface area contributed by atoms with E-state index >= 15 is 0 Å². The van der Waals surface area contributed by atoms with Crippen LogP contribution in [0.5, 0.6) is 5.75 Å². The second kappa shape index (κ2) is 12.1. The number of alkyl halides is 3. The number of amides is 2. The molecule has 0 N–H and O–H groups in total. The number of benzene rings is 2. The summed E-state index contributed by atoms with van der Waals surface area (Å²) in [5.41, 5.74) is -1.32. The number of fused-ring (bicyclic) bond motifs is 1. The normalized spacial score (nSPS) is 13.6. The molecule has 198 valence electrons. The van der Waals surface area contributed by atoms with Crippen LogP contribution in [0.15, 0.2) is 36.4 Å². The fourth-order valence-electron chi connectivity index (χ4n) is 4.23. The van der Waals surface area contributed by atoms with Gasteiger partial charge in [0.25, 0.3) is 11.8 Å². The topological polar surface area (TPSA) is 49.9 Å². The van der Waals surface area contributed by atoms with E-state index in [0.717, 1.165) is 24.1 Å². The first-order chi connectivity index (χ1) is 16.9. The van der Waals surface area contributed by atoms with Crippen molar-refractivity contribution in [2.45, 2.75) is 59.7 Å². The van der Waals surface area contributed by atoms with Crippen molar-refractivity contribution in [2.24, 2.45) is 0 Å². The van der Waals surface area contributed by atoms with E-state index in [-0.39, 0.29) is 17.5 Å². The summed E-state index contributed by atoms with van der Waals surface area (Å²) in [5.74, 6) is -0.690. The van der Waals surface area contributed by atoms with Gasteiger partial charge in [0.2, 0.25) is 0 Å². The summed E-state index contributed by atoms with van der Waals surface area (Å²) in [4.78, 5) is 29.8. The van der Waals surface area contributed by atoms with Gasteiger partial charge in [-0.1, -0.05) is 51.4 Å². The Labute approximate surface area is 216 Å². The van der Waals surface area contributed by atoms with Gasteiger partial charge in [-0.05, 0) is 63.2 Å². The van der Waals surface area contributed by atoms with E-state index in [1.54, 1.807) is 32.0 Å². The van der Waals surface area contributed by atoms with Crippen molar-refractivity contribution in [3.8, 4) is 5.75 Å². The van der Waals surface area contributed by atoms with Gasteiger partial charge in [-0.15, -0.1) is 0 Å². The van der Waals surface area contributed by atoms with Crippen molar-refractivity contribution >= 4 is 23.4 Å². The number of hydrogen-bond acceptors (Lipinski definition) is 4. The van der Waals surface area contributed by atoms with E-state index in [1.165, 1.54) is 12.1 Å². The van der Waals surface area contributed by atoms with Crippen LogP contribution in [0, 0.1) is 0 Å². The third-order valence-corrected chi connectivity index (χ3v) is 6.34. The predicted molar refractivity (Wildman–Crippen MR) is 136 cm³/mol. The zero-order valence-electron chi connectivity index (χ0n) is 21.6. The number of halogens is 4. The Bertz CT molecular complexity index is 1080. The molecule has 36 heavy (non-hydrogen) atoms. The Morgan fingerprint density at radius 3 is 2.22 bits per heavy atom. The number of carbonyl (C=O) groups excluding carboxylic acids is 2. The molecular weight excluding hydrogens is 493 g/mol. The van der Waals surface area contributed by atoms with E-state index in [0.29, 0.717) is 24.5 Å². The van der Waals surface area contributed by atoms with Crippen LogP contribution >= 0.6 is 11.6 Å². The summed E-state index contributed by atoms with van der Waals surface area (Å²) in [6, 6.07) is 8.48. The summed E-state index contributed by atoms with van der Waals surface area (Å²) in [7, 11) is 0. The Morgan fingerprint density at radius 2 is 1.64 bits per heavy atom. The van der Waals surface area contributed by atoms with Gasteiger partial charge < -0.3 is 9.64 Å². The average Bonchev–Trinajstić information content (AvgIpc) is 3.09. The highest BCUT2D eigenvalue weighted by Crippen LogP contribution is 2.38. The largest absolute Gasteiger partial charge is 0.491 e. The molecule has 2 aromatic carbocycles. The Kier molecular flexibility index (Phi) is 9.97. The maximum atomic E-state index is 13.4. The maximum absolute atomic E-state index is 13.4. The maximum Gasteiger partial charge on any atom is 0.417 e. The number of nitrogens with zero attached hydrogens (tertiary/aromatic N) is 2. The first kappa shape index (κ1) is 29.6. The molecule has 9 heteroatoms. The third kappa shape index (κ3) is 6.40. The second-order valence-electron chi connectivity index (χ2n) is 8.80. The third-order valence-electron chi connectivity index (χ3n) is 6.01. The Balaban J connectivity index is 0.00000222. The smallest absolute Gasteiger partial charge is 0.417 e. The van der Waals surface area contributed by atoms with Crippen molar-refractivity contribution in [1.82, 2.24) is 9.80 Å². The van der Waals surface area contributed by atoms with Crippen LogP contribution in [0.4, 0.5) is 13.2 Å². The average molecular weight is 527 g/mol. The lowest BCUT2D eigenvalue weighted by atomic mass is 9.92. The molecule has 0 saturated heterocycles. The van der Waals surface area contributed by atoms with E-state index < -0.39 is 34.1 Å². The summed E-state index contributed by atoms with van der Waals surface area (Å²) >= 11 is 5.73. The first-order valence-electron chi connectivity index (χ1n) is 12.1. The molecule has 0 fully saturated rings. The van der Waals surface area contributed by atoms with Gasteiger partial charge in [-0.25, -0.2) is 0 Å². The van der Waals surface area contributed by atoms with E-state index in [1.807, 2.05) is 27.7 Å². The van der Waals surface area contributed by atoms with Gasteiger partial charge >= 0.3 is 6.18 Å². The van der Waals surface area contributed by atoms with E-state index in [9.17, 15) is 22.8 Å². The molecule has 3 rings (SSSR count). The number of likely N-dealkylation sites (N-methyl/N-ethyl adjacent to an activating group) is 1. The zero-order valence-corrected chi connectivity index (χ0v) is 22.4. The minimum Gasteiger partial charge on any atom is -0.491 e. The number of rotatable bonds is 9. The molecule has 0 bridgehead atoms. The van der Waals surface area contributed by atoms with Crippen molar-refractivity contribution in [3.63, 3.8) is 0 Å². The number of ether oxygens (including phenoxy) is 1. The van der Waals surface area contributed by atoms with Crippen LogP contribution in [-0.4, -0.2) is 53.4 Å². The van der Waals surface area contributed by atoms with E-state index in [4.69, 9.17) is 16.3 Å². The molecule has 5 nitrogen and oxygen atoms in total. The SMILES string of the molecule is CC.CCN(CC)CCOc1cccc2c1C(=O)N(C(C)(C)Cc1ccc(Cl)c(C(F)(F)F)c1)C2=O. The molecule has 0 unspecified atom stereocenters. The summed E-state index contributed by atoms with van der Waals surface area (Å²) in [6.07, 6.45) is -4.58. The number of imide groups is 1. The molecule has 2 amide bonds. The van der Waals surface area contributed by atoms with Gasteiger partial charge in [-0.2, -0.15) is 13.2 Å². The zero-order chi connectivity index (χ0) is 27.3. The molecule has 0 atom stereocenters. The number of hydrogen-bond donors (Lipinski definition) is 0. The van der Waals surface area contributed by atoms with Crippen molar-refractivity contribution in [3.05, 3.63) is 63.7 Å². The van der Waals surface area contributed by atoms with Gasteiger partial charge in [-0.3, -0.25) is 14.5 Å². The molecule has 2 aromatic rings. The lowest BCUT2D eigenvalue weighted by Gasteiger charge is -2.34. The monoisotopic (exact) mass is 526 g/mol. The fraction of sp³-hybridized carbons (Fsp3) is 0.481. The Hall–Kier alpha value is -2.58. The van der Waals surface area contributed by atoms with Gasteiger partial charge in [0.1, 0.15) is 12.4 Å². The lowest BCUT2D eigenvalue weighted by molar-refractivity contribution is -0.137. The molecule has 1 heterocycles. The quantitative estimate of drug-likeness (QED) is 0.340. The Morgan fingerprint density at radius 1 is 1.00 bits per heavy atom. The molecular formula is C27H34ClF3N2O3. The first-order valence-corrected chi connectivity index (χ1v) is 12.5. The highest BCUT2D eigenvalue weighted by atomic mass is 35.5. The van der Waals surface area contributed by atoms with Crippen LogP contribution in [-0.2, 0) is 12.6 Å². The standard InChI is InChI=1S/C25H28ClF3N2O3.C2H6/c1-5-30(6-2)12-13-34-20-9-7-8-17-21(20)23(33)31(22(17)32)24(3,4)15-16-10-11-19(26)18(14-16)25(27,28)29;1-2/h7-11,14H,5-6,12-13,15H2,1-4H3;1-2H3. The van der Waals surface area contributed by atoms with E-state index in [2.05, 4.69) is 4.90 Å². The van der Waals surface area contributed by atoms with Crippen LogP contribution in [0.1, 0.15) is 73.4 Å². The molecule has 1 aliphatic heterocycles. The number of carbonyl (C=O) groups is 2. The predicted octanol–water partition coefficient (Wildman–Crippen LogP) is 6.72. The van der Waals surface area contributed by atoms with Gasteiger partial charge in [0.15, 0.2) is 0 Å². The van der Waals surface area contributed by atoms with Crippen LogP contribution in [0.2, 0.25) is 5.02 Å². The summed E-state index contributed by atoms with van der Waals surface area (Å²) in [5, 5.41) is -0.402. The van der Waals surface area contributed by atoms with Crippen LogP contribution < -0.4 is 4.74 Å². The van der Waals surface area contributed by atoms with Crippen molar-refractivity contribution in [2.75, 3.05) is 26.2 Å². The van der Waals surface area contributed by atoms with Gasteiger partial charge in [0.05, 0.1) is 21.7 Å². The van der Waals surface area contributed by atoms with Crippen LogP contribution in [0.3, 0.4) is 0 Å². The minimum absolute atomic E-state index is 0.0247. The molecule has 0 aliphatic carbocycles. The molecule has 0 saturated carbocycles. The lowest BCUT2D eigenvalue weighted by Crippen LogP contribution is -2.49. The summed E-state index contributed by atoms with van der Waals surface area (Å²) < 4.78 is 45.7.